The smallest absolute Gasteiger partial charge is 0.315 e. The van der Waals surface area contributed by atoms with Crippen molar-refractivity contribution in [3.05, 3.63) is 93.0 Å². The Morgan fingerprint density at radius 2 is 1.65 bits per heavy atom. The van der Waals surface area contributed by atoms with Crippen molar-refractivity contribution in [2.45, 2.75) is 6.54 Å². The summed E-state index contributed by atoms with van der Waals surface area (Å²) in [6, 6.07) is 16.2. The number of aromatic hydroxyl groups is 1. The molecule has 0 unspecified atom stereocenters. The number of methoxy groups -OCH3 is 2. The van der Waals surface area contributed by atoms with E-state index >= 15 is 0 Å². The zero-order valence-electron chi connectivity index (χ0n) is 18.3. The second-order valence-electron chi connectivity index (χ2n) is 7.50. The Morgan fingerprint density at radius 1 is 0.971 bits per heavy atom. The fraction of sp³-hybridized carbons (Fsp3) is 0.120. The summed E-state index contributed by atoms with van der Waals surface area (Å²) in [7, 11) is 2.81. The highest BCUT2D eigenvalue weighted by atomic mass is 16.6. The van der Waals surface area contributed by atoms with Gasteiger partial charge in [0.15, 0.2) is 5.75 Å². The molecule has 172 valence electrons. The number of benzene rings is 3. The van der Waals surface area contributed by atoms with Gasteiger partial charge in [-0.3, -0.25) is 24.6 Å². The van der Waals surface area contributed by atoms with Gasteiger partial charge in [-0.1, -0.05) is 30.3 Å². The molecule has 0 fully saturated rings. The van der Waals surface area contributed by atoms with Crippen molar-refractivity contribution in [3.8, 4) is 17.2 Å². The molecule has 0 aliphatic carbocycles. The van der Waals surface area contributed by atoms with Crippen LogP contribution in [-0.2, 0) is 11.3 Å². The molecule has 0 bridgehead atoms. The van der Waals surface area contributed by atoms with E-state index in [0.717, 1.165) is 16.5 Å². The van der Waals surface area contributed by atoms with E-state index in [-0.39, 0.29) is 23.4 Å². The predicted octanol–water partition coefficient (Wildman–Crippen LogP) is 4.04. The summed E-state index contributed by atoms with van der Waals surface area (Å²) in [6.07, 6.45) is 1.45. The Morgan fingerprint density at radius 3 is 2.26 bits per heavy atom. The van der Waals surface area contributed by atoms with E-state index < -0.39 is 28.2 Å². The first-order valence-electron chi connectivity index (χ1n) is 10.2. The van der Waals surface area contributed by atoms with Crippen LogP contribution in [0.4, 0.5) is 5.69 Å². The number of amides is 2. The lowest BCUT2D eigenvalue weighted by molar-refractivity contribution is -0.386. The number of phenolic OH excluding ortho intramolecular Hbond substituents is 1. The van der Waals surface area contributed by atoms with E-state index in [9.17, 15) is 24.8 Å². The number of nitro groups is 1. The number of carbonyl (C=O) groups excluding carboxylic acids is 2. The molecule has 3 aromatic carbocycles. The monoisotopic (exact) mass is 460 g/mol. The second-order valence-corrected chi connectivity index (χ2v) is 7.50. The lowest BCUT2D eigenvalue weighted by Crippen LogP contribution is -2.41. The molecular weight excluding hydrogens is 440 g/mol. The minimum atomic E-state index is -0.740. The molecule has 0 saturated heterocycles. The maximum Gasteiger partial charge on any atom is 0.315 e. The lowest BCUT2D eigenvalue weighted by atomic mass is 9.91. The average molecular weight is 460 g/mol. The molecule has 9 heteroatoms. The summed E-state index contributed by atoms with van der Waals surface area (Å²) in [5, 5.41) is 21.4. The van der Waals surface area contributed by atoms with Gasteiger partial charge >= 0.3 is 5.69 Å². The number of rotatable bonds is 6. The fourth-order valence-corrected chi connectivity index (χ4v) is 3.76. The number of ether oxygens (including phenoxy) is 2. The third-order valence-corrected chi connectivity index (χ3v) is 5.47. The number of phenols is 1. The Labute approximate surface area is 194 Å². The summed E-state index contributed by atoms with van der Waals surface area (Å²) < 4.78 is 10.2. The Balaban J connectivity index is 1.81. The Hall–Kier alpha value is -4.66. The number of hydrogen-bond acceptors (Lipinski definition) is 7. The van der Waals surface area contributed by atoms with Gasteiger partial charge in [0.25, 0.3) is 11.8 Å². The summed E-state index contributed by atoms with van der Waals surface area (Å²) in [5.74, 6) is -1.06. The predicted molar refractivity (Wildman–Crippen MR) is 124 cm³/mol. The molecule has 0 aromatic heterocycles. The van der Waals surface area contributed by atoms with Crippen molar-refractivity contribution in [3.63, 3.8) is 0 Å². The molecule has 0 saturated carbocycles. The number of nitrogens with zero attached hydrogens (tertiary/aromatic N) is 2. The van der Waals surface area contributed by atoms with Crippen molar-refractivity contribution in [1.29, 1.82) is 0 Å². The van der Waals surface area contributed by atoms with Crippen molar-refractivity contribution in [2.24, 2.45) is 0 Å². The van der Waals surface area contributed by atoms with Crippen molar-refractivity contribution < 1.29 is 29.1 Å². The van der Waals surface area contributed by atoms with Crippen molar-refractivity contribution >= 4 is 29.2 Å². The van der Waals surface area contributed by atoms with E-state index in [1.807, 2.05) is 0 Å². The summed E-state index contributed by atoms with van der Waals surface area (Å²) in [4.78, 5) is 38.4. The maximum atomic E-state index is 13.5. The average Bonchev–Trinajstić information content (AvgIpc) is 2.85. The van der Waals surface area contributed by atoms with Crippen molar-refractivity contribution in [1.82, 2.24) is 4.90 Å². The number of nitro benzene ring substituents is 1. The maximum absolute atomic E-state index is 13.5. The van der Waals surface area contributed by atoms with Crippen LogP contribution in [0.3, 0.4) is 0 Å². The molecule has 34 heavy (non-hydrogen) atoms. The van der Waals surface area contributed by atoms with Gasteiger partial charge in [-0.2, -0.15) is 0 Å². The molecule has 1 N–H and O–H groups in total. The first-order valence-corrected chi connectivity index (χ1v) is 10.2. The molecule has 1 aliphatic heterocycles. The Bertz CT molecular complexity index is 1330. The number of imide groups is 1. The van der Waals surface area contributed by atoms with Crippen LogP contribution in [0.25, 0.3) is 11.6 Å². The minimum Gasteiger partial charge on any atom is -0.500 e. The molecule has 0 atom stereocenters. The topological polar surface area (TPSA) is 119 Å². The fourth-order valence-electron chi connectivity index (χ4n) is 3.76. The van der Waals surface area contributed by atoms with E-state index in [1.165, 1.54) is 19.3 Å². The molecule has 9 nitrogen and oxygen atoms in total. The third-order valence-electron chi connectivity index (χ3n) is 5.47. The van der Waals surface area contributed by atoms with E-state index in [2.05, 4.69) is 0 Å². The highest BCUT2D eigenvalue weighted by molar-refractivity contribution is 6.33. The quantitative estimate of drug-likeness (QED) is 0.255. The number of hydrogen-bond donors (Lipinski definition) is 1. The van der Waals surface area contributed by atoms with Gasteiger partial charge in [-0.05, 0) is 47.0 Å². The zero-order valence-corrected chi connectivity index (χ0v) is 18.3. The first kappa shape index (κ1) is 22.5. The molecule has 1 aliphatic rings. The van der Waals surface area contributed by atoms with Crippen LogP contribution < -0.4 is 9.47 Å². The van der Waals surface area contributed by atoms with Crippen LogP contribution in [0.5, 0.6) is 17.2 Å². The third kappa shape index (κ3) is 4.06. The van der Waals surface area contributed by atoms with E-state index in [0.29, 0.717) is 16.9 Å². The van der Waals surface area contributed by atoms with Gasteiger partial charge in [0.2, 0.25) is 5.75 Å². The van der Waals surface area contributed by atoms with E-state index in [1.54, 1.807) is 55.6 Å². The van der Waals surface area contributed by atoms with Crippen LogP contribution in [0, 0.1) is 10.1 Å². The zero-order chi connectivity index (χ0) is 24.4. The molecule has 4 rings (SSSR count). The van der Waals surface area contributed by atoms with Gasteiger partial charge in [-0.15, -0.1) is 0 Å². The molecule has 3 aromatic rings. The Kier molecular flexibility index (Phi) is 6.01. The first-order chi connectivity index (χ1) is 16.3. The summed E-state index contributed by atoms with van der Waals surface area (Å²) in [6.45, 7) is 0.0341. The highest BCUT2D eigenvalue weighted by Crippen LogP contribution is 2.39. The molecule has 0 radical (unpaired) electrons. The normalized spacial score (nSPS) is 14.2. The SMILES string of the molecule is COc1ccc(CN2C(=O)/C(=C\c3cc(OC)c(O)c([N+](=O)[O-])c3)c3ccccc3C2=O)cc1. The minimum absolute atomic E-state index is 0.0341. The van der Waals surface area contributed by atoms with Crippen LogP contribution in [-0.4, -0.2) is 41.0 Å². The standard InChI is InChI=1S/C25H20N2O7/c1-33-17-9-7-15(8-10-17)14-26-24(29)19-6-4-3-5-18(19)20(25(26)30)11-16-12-21(27(31)32)23(28)22(13-16)34-2/h3-13,28H,14H2,1-2H3/b20-11-. The molecule has 2 amide bonds. The molecular formula is C25H20N2O7. The number of carbonyl (C=O) groups is 2. The second kappa shape index (κ2) is 9.07. The van der Waals surface area contributed by atoms with Crippen molar-refractivity contribution in [2.75, 3.05) is 14.2 Å². The van der Waals surface area contributed by atoms with Crippen LogP contribution in [0.1, 0.15) is 27.0 Å². The van der Waals surface area contributed by atoms with Crippen LogP contribution in [0.2, 0.25) is 0 Å². The van der Waals surface area contributed by atoms with Gasteiger partial charge in [0.05, 0.1) is 25.7 Å². The summed E-state index contributed by atoms with van der Waals surface area (Å²) >= 11 is 0. The van der Waals surface area contributed by atoms with E-state index in [4.69, 9.17) is 9.47 Å². The van der Waals surface area contributed by atoms with Crippen LogP contribution in [0.15, 0.2) is 60.7 Å². The summed E-state index contributed by atoms with van der Waals surface area (Å²) in [5.41, 5.74) is 1.36. The molecule has 0 spiro atoms. The molecule has 1 heterocycles. The number of fused-ring (bicyclic) bond motifs is 1. The van der Waals surface area contributed by atoms with Gasteiger partial charge < -0.3 is 14.6 Å². The van der Waals surface area contributed by atoms with Crippen LogP contribution >= 0.6 is 0 Å². The highest BCUT2D eigenvalue weighted by Gasteiger charge is 2.35. The lowest BCUT2D eigenvalue weighted by Gasteiger charge is -2.29. The van der Waals surface area contributed by atoms with Gasteiger partial charge in [0.1, 0.15) is 5.75 Å². The van der Waals surface area contributed by atoms with Gasteiger partial charge in [-0.25, -0.2) is 0 Å². The van der Waals surface area contributed by atoms with Gasteiger partial charge in [0, 0.05) is 17.2 Å². The largest absolute Gasteiger partial charge is 0.500 e.